The van der Waals surface area contributed by atoms with Gasteiger partial charge in [-0.15, -0.1) is 0 Å². The summed E-state index contributed by atoms with van der Waals surface area (Å²) in [4.78, 5) is 28.0. The summed E-state index contributed by atoms with van der Waals surface area (Å²) < 4.78 is 39.0. The Morgan fingerprint density at radius 2 is 0.958 bits per heavy atom. The van der Waals surface area contributed by atoms with Crippen LogP contribution in [0.3, 0.4) is 0 Å². The Morgan fingerprint density at radius 3 is 1.37 bits per heavy atom. The summed E-state index contributed by atoms with van der Waals surface area (Å²) in [6.45, 7) is 20.5. The quantitative estimate of drug-likeness (QED) is 0.124. The molecule has 71 heavy (non-hydrogen) atoms. The minimum absolute atomic E-state index is 0. The molecule has 0 radical (unpaired) electrons. The lowest BCUT2D eigenvalue weighted by atomic mass is 10.00. The molecule has 1 aromatic heterocycles. The molecule has 0 aliphatic carbocycles. The van der Waals surface area contributed by atoms with Gasteiger partial charge in [-0.25, -0.2) is 4.98 Å². The Kier molecular flexibility index (Phi) is 18.6. The number of phenolic OH excluding ortho intramolecular Hbond substituents is 1. The van der Waals surface area contributed by atoms with Crippen molar-refractivity contribution in [2.45, 2.75) is 73.6 Å². The fraction of sp³-hybridized carbons (Fsp3) is 0.463. The number of carbonyl (C=O) groups is 1. The van der Waals surface area contributed by atoms with E-state index in [-0.39, 0.29) is 30.9 Å². The van der Waals surface area contributed by atoms with E-state index in [0.29, 0.717) is 60.2 Å². The molecule has 0 amide bonds. The zero-order valence-corrected chi connectivity index (χ0v) is 43.1. The van der Waals surface area contributed by atoms with Crippen LogP contribution in [-0.2, 0) is 0 Å². The van der Waals surface area contributed by atoms with E-state index in [1.807, 2.05) is 38.4 Å². The predicted octanol–water partition coefficient (Wildman–Crippen LogP) is 9.74. The van der Waals surface area contributed by atoms with Gasteiger partial charge in [-0.05, 0) is 65.6 Å². The number of rotatable bonds is 8. The van der Waals surface area contributed by atoms with Crippen LogP contribution < -0.4 is 64.2 Å². The third-order valence-electron chi connectivity index (χ3n) is 12.4. The number of ether oxygens (including phenoxy) is 7. The largest absolute Gasteiger partial charge is 0.508 e. The van der Waals surface area contributed by atoms with E-state index in [1.54, 1.807) is 26.4 Å². The number of fused-ring (bicyclic) bond motifs is 4. The maximum Gasteiger partial charge on any atom is 0.222 e. The van der Waals surface area contributed by atoms with Gasteiger partial charge in [-0.3, -0.25) is 4.79 Å². The highest BCUT2D eigenvalue weighted by atomic mass is 16.5. The van der Waals surface area contributed by atoms with Gasteiger partial charge in [0.05, 0.1) is 74.9 Å². The van der Waals surface area contributed by atoms with Crippen molar-refractivity contribution in [2.75, 3.05) is 126 Å². The number of benzene rings is 4. The highest BCUT2D eigenvalue weighted by Gasteiger charge is 2.24. The molecule has 0 bridgehead atoms. The van der Waals surface area contributed by atoms with Crippen molar-refractivity contribution in [3.8, 4) is 51.7 Å². The summed E-state index contributed by atoms with van der Waals surface area (Å²) in [6, 6.07) is 15.5. The number of anilines is 6. The number of methoxy groups -OCH3 is 2. The average Bonchev–Trinajstić information content (AvgIpc) is 3.32. The molecule has 4 aliphatic heterocycles. The molecule has 0 saturated carbocycles. The van der Waals surface area contributed by atoms with Crippen LogP contribution in [-0.4, -0.2) is 116 Å². The molecule has 386 valence electrons. The minimum atomic E-state index is -0.00127. The normalized spacial score (nSPS) is 14.1. The van der Waals surface area contributed by atoms with Gasteiger partial charge in [0.1, 0.15) is 72.4 Å². The number of hydrogen-bond donors (Lipinski definition) is 3. The van der Waals surface area contributed by atoms with Crippen molar-refractivity contribution < 1.29 is 43.1 Å². The van der Waals surface area contributed by atoms with E-state index in [9.17, 15) is 9.90 Å². The van der Waals surface area contributed by atoms with Crippen molar-refractivity contribution >= 4 is 40.3 Å². The number of likely N-dealkylation sites (N-methyl/N-ethyl adjacent to an activating group) is 4. The molecule has 0 unspecified atom stereocenters. The molecule has 17 nitrogen and oxygen atoms in total. The summed E-state index contributed by atoms with van der Waals surface area (Å²) in [5, 5.41) is 9.82. The Balaban J connectivity index is 0.000000178. The molecule has 0 spiro atoms. The molecule has 5 N–H and O–H groups in total. The lowest BCUT2D eigenvalue weighted by molar-refractivity contribution is 0.101. The number of nitrogens with two attached hydrogens (primary N) is 2. The maximum absolute atomic E-state index is 11.5. The second kappa shape index (κ2) is 24.1. The first-order valence-electron chi connectivity index (χ1n) is 23.7. The number of aromatic nitrogens is 2. The molecular formula is C54H76N8O9. The van der Waals surface area contributed by atoms with Crippen LogP contribution in [0.25, 0.3) is 0 Å². The number of aromatic hydroxyl groups is 1. The van der Waals surface area contributed by atoms with Crippen LogP contribution in [0.1, 0.15) is 101 Å². The summed E-state index contributed by atoms with van der Waals surface area (Å²) >= 11 is 0. The number of ketones is 1. The van der Waals surface area contributed by atoms with Gasteiger partial charge >= 0.3 is 0 Å². The number of nitrogens with zero attached hydrogens (tertiary/aromatic N) is 6. The van der Waals surface area contributed by atoms with E-state index in [0.717, 1.165) is 95.4 Å². The Labute approximate surface area is 420 Å². The van der Waals surface area contributed by atoms with Gasteiger partial charge in [-0.2, -0.15) is 4.98 Å². The fourth-order valence-electron chi connectivity index (χ4n) is 8.23. The molecule has 0 saturated heterocycles. The van der Waals surface area contributed by atoms with Gasteiger partial charge in [0, 0.05) is 52.5 Å². The van der Waals surface area contributed by atoms with Gasteiger partial charge in [0.15, 0.2) is 17.4 Å². The average molecular weight is 981 g/mol. The highest BCUT2D eigenvalue weighted by Crippen LogP contribution is 2.44. The molecule has 5 heterocycles. The molecule has 17 heteroatoms. The van der Waals surface area contributed by atoms with Crippen molar-refractivity contribution in [1.29, 1.82) is 0 Å². The number of hydrogen-bond acceptors (Lipinski definition) is 17. The number of Topliss-reactive ketones (excluding diaryl/α,β-unsaturated/α-hetero) is 1. The van der Waals surface area contributed by atoms with E-state index in [1.165, 1.54) is 18.7 Å². The van der Waals surface area contributed by atoms with Crippen LogP contribution in [0.5, 0.6) is 51.7 Å². The van der Waals surface area contributed by atoms with Crippen molar-refractivity contribution in [3.63, 3.8) is 0 Å². The first-order chi connectivity index (χ1) is 33.3. The Morgan fingerprint density at radius 1 is 0.577 bits per heavy atom. The monoisotopic (exact) mass is 981 g/mol. The predicted molar refractivity (Wildman–Crippen MR) is 286 cm³/mol. The van der Waals surface area contributed by atoms with Crippen LogP contribution in [0.4, 0.5) is 34.5 Å². The first kappa shape index (κ1) is 54.8. The molecule has 4 aromatic carbocycles. The van der Waals surface area contributed by atoms with Crippen LogP contribution in [0, 0.1) is 0 Å². The van der Waals surface area contributed by atoms with Crippen LogP contribution in [0.15, 0.2) is 54.7 Å². The second-order valence-corrected chi connectivity index (χ2v) is 18.5. The zero-order chi connectivity index (χ0) is 51.0. The van der Waals surface area contributed by atoms with Gasteiger partial charge < -0.3 is 69.3 Å². The topological polar surface area (TPSA) is 193 Å². The summed E-state index contributed by atoms with van der Waals surface area (Å²) in [5.41, 5.74) is 19.5. The zero-order valence-electron chi connectivity index (χ0n) is 43.1. The second-order valence-electron chi connectivity index (χ2n) is 18.5. The Hall–Kier alpha value is -7.17. The molecule has 0 fully saturated rings. The highest BCUT2D eigenvalue weighted by molar-refractivity contribution is 5.98. The fourth-order valence-corrected chi connectivity index (χ4v) is 8.23. The minimum Gasteiger partial charge on any atom is -0.508 e. The standard InChI is InChI=1S/C16H21N5O2.C13H19NO2.C12H15NO3.C12H17NO2.CH4/c1-9(2)10-6-11-13(22-5-4-21(11)3)7-12(10)23-14-8-19-16(18)20-15(14)17;1-9(2)10-7-11-13(8-12(10)15-4)16-6-5-14(11)3;1-8(14)9-6-10-12(7-11(9)15-3)16-5-4-13(10)2;1-8(2)9-6-10-12(7-11(9)14)15-5-4-13(10)3;/h6-9H,4-5H2,1-3H3,(H4,17,18,19,20);7-9H,5-6H2,1-4H3;6-7H,4-5H2,1-3H3;6-8,14H,4-5H2,1-3H3;1H4. The maximum atomic E-state index is 11.5. The summed E-state index contributed by atoms with van der Waals surface area (Å²) in [6.07, 6.45) is 1.48. The number of carbonyl (C=O) groups excluding carboxylic acids is 1. The lowest BCUT2D eigenvalue weighted by Gasteiger charge is -2.29. The molecule has 0 atom stereocenters. The van der Waals surface area contributed by atoms with Crippen molar-refractivity contribution in [3.05, 3.63) is 77.0 Å². The van der Waals surface area contributed by atoms with Gasteiger partial charge in [0.25, 0.3) is 0 Å². The molecule has 5 aromatic rings. The Bertz CT molecular complexity index is 2610. The van der Waals surface area contributed by atoms with E-state index >= 15 is 0 Å². The van der Waals surface area contributed by atoms with Gasteiger partial charge in [-0.1, -0.05) is 49.0 Å². The molecular weight excluding hydrogens is 905 g/mol. The SMILES string of the molecule is C.CC(C)c1cc2c(cc1O)OCCN2C.CC(C)c1cc2c(cc1Oc1cnc(N)nc1N)OCCN2C.COc1cc2c(cc1C(C)=O)N(C)CCO2.COc1cc2c(cc1C(C)C)N(C)CCO2. The third kappa shape index (κ3) is 13.0. The van der Waals surface area contributed by atoms with Gasteiger partial charge in [0.2, 0.25) is 5.95 Å². The van der Waals surface area contributed by atoms with Crippen LogP contribution in [0.2, 0.25) is 0 Å². The number of nitrogen functional groups attached to an aromatic ring is 2. The van der Waals surface area contributed by atoms with E-state index in [4.69, 9.17) is 44.6 Å². The summed E-state index contributed by atoms with van der Waals surface area (Å²) in [5.74, 6) is 7.56. The molecule has 9 rings (SSSR count). The first-order valence-corrected chi connectivity index (χ1v) is 23.7. The summed E-state index contributed by atoms with van der Waals surface area (Å²) in [7, 11) is 11.4. The van der Waals surface area contributed by atoms with Crippen molar-refractivity contribution in [1.82, 2.24) is 9.97 Å². The van der Waals surface area contributed by atoms with E-state index < -0.39 is 0 Å². The number of phenols is 1. The molecule has 4 aliphatic rings. The smallest absolute Gasteiger partial charge is 0.222 e. The van der Waals surface area contributed by atoms with Crippen molar-refractivity contribution in [2.24, 2.45) is 0 Å². The third-order valence-corrected chi connectivity index (χ3v) is 12.4. The van der Waals surface area contributed by atoms with E-state index in [2.05, 4.69) is 97.3 Å². The lowest BCUT2D eigenvalue weighted by Crippen LogP contribution is -2.29. The van der Waals surface area contributed by atoms with Crippen LogP contribution >= 0.6 is 0 Å².